The van der Waals surface area contributed by atoms with Gasteiger partial charge in [0.2, 0.25) is 0 Å². The quantitative estimate of drug-likeness (QED) is 0.834. The molecule has 9 heteroatoms. The van der Waals surface area contributed by atoms with Crippen LogP contribution in [0, 0.1) is 0 Å². The number of aliphatic hydroxyl groups is 1. The fraction of sp³-hybridized carbons (Fsp3) is 0.800. The molecule has 134 valence electrons. The number of amides is 1. The fourth-order valence-electron chi connectivity index (χ4n) is 3.60. The number of aromatic nitrogens is 3. The van der Waals surface area contributed by atoms with Crippen LogP contribution >= 0.6 is 0 Å². The van der Waals surface area contributed by atoms with Crippen LogP contribution in [-0.2, 0) is 9.53 Å². The maximum atomic E-state index is 14.5. The molecule has 1 aliphatic carbocycles. The summed E-state index contributed by atoms with van der Waals surface area (Å²) in [6.07, 6.45) is 2.53. The summed E-state index contributed by atoms with van der Waals surface area (Å²) in [4.78, 5) is 17.3. The molecular formula is C15H22F2N4O3. The maximum absolute atomic E-state index is 14.5. The van der Waals surface area contributed by atoms with Crippen LogP contribution < -0.4 is 0 Å². The highest BCUT2D eigenvalue weighted by atomic mass is 19.3. The van der Waals surface area contributed by atoms with Crippen LogP contribution in [0.15, 0.2) is 6.33 Å². The lowest BCUT2D eigenvalue weighted by molar-refractivity contribution is -0.200. The van der Waals surface area contributed by atoms with Gasteiger partial charge < -0.3 is 14.7 Å². The molecule has 0 spiro atoms. The minimum Gasteiger partial charge on any atom is -0.383 e. The molecule has 1 aromatic rings. The number of carbonyl (C=O) groups is 1. The van der Waals surface area contributed by atoms with E-state index in [9.17, 15) is 18.7 Å². The van der Waals surface area contributed by atoms with Crippen molar-refractivity contribution in [2.45, 2.75) is 55.6 Å². The zero-order valence-corrected chi connectivity index (χ0v) is 13.5. The maximum Gasteiger partial charge on any atom is 0.352 e. The normalized spacial score (nSPS) is 26.7. The van der Waals surface area contributed by atoms with Crippen LogP contribution in [0.25, 0.3) is 0 Å². The molecule has 2 aliphatic rings. The predicted molar refractivity (Wildman–Crippen MR) is 79.5 cm³/mol. The van der Waals surface area contributed by atoms with Gasteiger partial charge in [0.15, 0.2) is 0 Å². The van der Waals surface area contributed by atoms with Gasteiger partial charge in [0.05, 0.1) is 6.10 Å². The molecule has 0 radical (unpaired) electrons. The monoisotopic (exact) mass is 344 g/mol. The van der Waals surface area contributed by atoms with Gasteiger partial charge in [-0.1, -0.05) is 12.8 Å². The van der Waals surface area contributed by atoms with Crippen molar-refractivity contribution in [1.82, 2.24) is 20.1 Å². The summed E-state index contributed by atoms with van der Waals surface area (Å²) in [6.45, 7) is 0.480. The van der Waals surface area contributed by atoms with Gasteiger partial charge in [0, 0.05) is 26.1 Å². The van der Waals surface area contributed by atoms with E-state index >= 15 is 0 Å². The Morgan fingerprint density at radius 2 is 2.25 bits per heavy atom. The average Bonchev–Trinajstić information content (AvgIpc) is 3.26. The highest BCUT2D eigenvalue weighted by Gasteiger charge is 2.60. The van der Waals surface area contributed by atoms with Crippen molar-refractivity contribution in [2.24, 2.45) is 0 Å². The van der Waals surface area contributed by atoms with Crippen molar-refractivity contribution in [3.8, 4) is 0 Å². The lowest BCUT2D eigenvalue weighted by Crippen LogP contribution is -2.57. The van der Waals surface area contributed by atoms with Gasteiger partial charge in [-0.25, -0.2) is 4.98 Å². The third kappa shape index (κ3) is 2.90. The second-order valence-corrected chi connectivity index (χ2v) is 6.67. The van der Waals surface area contributed by atoms with E-state index in [0.29, 0.717) is 31.7 Å². The van der Waals surface area contributed by atoms with E-state index in [2.05, 4.69) is 15.2 Å². The fourth-order valence-corrected chi connectivity index (χ4v) is 3.60. The van der Waals surface area contributed by atoms with Gasteiger partial charge in [-0.3, -0.25) is 9.89 Å². The second kappa shape index (κ2) is 6.36. The Balaban J connectivity index is 1.67. The van der Waals surface area contributed by atoms with E-state index in [1.807, 2.05) is 0 Å². The number of likely N-dealkylation sites (N-methyl/N-ethyl adjacent to an activating group) is 1. The summed E-state index contributed by atoms with van der Waals surface area (Å²) >= 11 is 0. The predicted octanol–water partition coefficient (Wildman–Crippen LogP) is 1.08. The van der Waals surface area contributed by atoms with E-state index in [-0.39, 0.29) is 25.3 Å². The minimum absolute atomic E-state index is 0.00979. The molecule has 1 saturated carbocycles. The van der Waals surface area contributed by atoms with Crippen LogP contribution in [0.2, 0.25) is 0 Å². The van der Waals surface area contributed by atoms with Crippen molar-refractivity contribution in [3.05, 3.63) is 12.2 Å². The molecule has 1 aromatic heterocycles. The zero-order chi connectivity index (χ0) is 17.4. The van der Waals surface area contributed by atoms with Gasteiger partial charge >= 0.3 is 5.92 Å². The number of H-pyrrole nitrogens is 1. The van der Waals surface area contributed by atoms with Gasteiger partial charge in [0.1, 0.15) is 17.8 Å². The van der Waals surface area contributed by atoms with E-state index < -0.39 is 23.5 Å². The first kappa shape index (κ1) is 17.2. The number of hydrogen-bond donors (Lipinski definition) is 2. The molecule has 1 amide bonds. The van der Waals surface area contributed by atoms with E-state index in [1.54, 1.807) is 0 Å². The molecular weight excluding hydrogens is 322 g/mol. The van der Waals surface area contributed by atoms with Gasteiger partial charge in [-0.2, -0.15) is 13.9 Å². The highest BCUT2D eigenvalue weighted by Crippen LogP contribution is 2.43. The van der Waals surface area contributed by atoms with Crippen molar-refractivity contribution in [2.75, 3.05) is 20.2 Å². The molecule has 24 heavy (non-hydrogen) atoms. The van der Waals surface area contributed by atoms with E-state index in [1.165, 1.54) is 13.4 Å². The number of rotatable bonds is 5. The van der Waals surface area contributed by atoms with Crippen LogP contribution in [0.1, 0.15) is 43.8 Å². The summed E-state index contributed by atoms with van der Waals surface area (Å²) in [5, 5.41) is 16.7. The summed E-state index contributed by atoms with van der Waals surface area (Å²) < 4.78 is 34.6. The minimum atomic E-state index is -3.79. The lowest BCUT2D eigenvalue weighted by atomic mass is 9.92. The van der Waals surface area contributed by atoms with Crippen molar-refractivity contribution >= 4 is 5.91 Å². The largest absolute Gasteiger partial charge is 0.383 e. The molecule has 1 aliphatic heterocycles. The van der Waals surface area contributed by atoms with E-state index in [0.717, 1.165) is 4.90 Å². The first-order chi connectivity index (χ1) is 11.3. The molecule has 2 heterocycles. The number of alkyl halides is 2. The molecule has 7 nitrogen and oxygen atoms in total. The summed E-state index contributed by atoms with van der Waals surface area (Å²) in [7, 11) is 1.31. The third-order valence-corrected chi connectivity index (χ3v) is 5.08. The van der Waals surface area contributed by atoms with Gasteiger partial charge in [0.25, 0.3) is 5.91 Å². The molecule has 1 saturated heterocycles. The number of halogens is 2. The Morgan fingerprint density at radius 1 is 1.54 bits per heavy atom. The molecule has 2 atom stereocenters. The van der Waals surface area contributed by atoms with Crippen molar-refractivity contribution < 1.29 is 23.4 Å². The number of nitrogens with zero attached hydrogens (tertiary/aromatic N) is 3. The molecule has 2 fully saturated rings. The SMILES string of the molecule is CN(C[C@H]1OCC[C@H]1c1ncn[nH]1)C(=O)C(F)(F)C1(O)CCCC1. The number of nitrogens with one attached hydrogen (secondary N) is 1. The Morgan fingerprint density at radius 3 is 2.88 bits per heavy atom. The number of hydrogen-bond acceptors (Lipinski definition) is 5. The van der Waals surface area contributed by atoms with Gasteiger partial charge in [-0.05, 0) is 19.3 Å². The van der Waals surface area contributed by atoms with Crippen LogP contribution in [0.4, 0.5) is 8.78 Å². The topological polar surface area (TPSA) is 91.3 Å². The Hall–Kier alpha value is -1.61. The standard InChI is InChI=1S/C15H22F2N4O3/c1-21(13(22)15(16,17)14(23)5-2-3-6-14)8-11-10(4-7-24-11)12-18-9-19-20-12/h9-11,23H,2-8H2,1H3,(H,18,19,20)/t10-,11-/m1/s1. The first-order valence-corrected chi connectivity index (χ1v) is 8.18. The summed E-state index contributed by atoms with van der Waals surface area (Å²) in [5.74, 6) is -4.65. The zero-order valence-electron chi connectivity index (χ0n) is 13.5. The average molecular weight is 344 g/mol. The molecule has 2 N–H and O–H groups in total. The molecule has 0 bridgehead atoms. The van der Waals surface area contributed by atoms with Crippen LogP contribution in [0.5, 0.6) is 0 Å². The van der Waals surface area contributed by atoms with Crippen LogP contribution in [-0.4, -0.2) is 68.9 Å². The number of aromatic amines is 1. The second-order valence-electron chi connectivity index (χ2n) is 6.67. The smallest absolute Gasteiger partial charge is 0.352 e. The Kier molecular flexibility index (Phi) is 4.56. The molecule has 3 rings (SSSR count). The molecule has 0 unspecified atom stereocenters. The number of ether oxygens (including phenoxy) is 1. The number of carbonyl (C=O) groups excluding carboxylic acids is 1. The highest BCUT2D eigenvalue weighted by molar-refractivity contribution is 5.84. The summed E-state index contributed by atoms with van der Waals surface area (Å²) in [6, 6.07) is 0. The van der Waals surface area contributed by atoms with Crippen molar-refractivity contribution in [3.63, 3.8) is 0 Å². The third-order valence-electron chi connectivity index (χ3n) is 5.08. The lowest BCUT2D eigenvalue weighted by Gasteiger charge is -2.34. The summed E-state index contributed by atoms with van der Waals surface area (Å²) in [5.41, 5.74) is -2.24. The Bertz CT molecular complexity index is 575. The van der Waals surface area contributed by atoms with Crippen LogP contribution in [0.3, 0.4) is 0 Å². The van der Waals surface area contributed by atoms with Crippen molar-refractivity contribution in [1.29, 1.82) is 0 Å². The Labute approximate surface area is 138 Å². The van der Waals surface area contributed by atoms with E-state index in [4.69, 9.17) is 4.74 Å². The molecule has 0 aromatic carbocycles. The van der Waals surface area contributed by atoms with Gasteiger partial charge in [-0.15, -0.1) is 0 Å². The first-order valence-electron chi connectivity index (χ1n) is 8.18.